The topological polar surface area (TPSA) is 98.1 Å². The number of hydrogen-bond acceptors (Lipinski definition) is 8. The predicted molar refractivity (Wildman–Crippen MR) is 122 cm³/mol. The first kappa shape index (κ1) is 21.6. The van der Waals surface area contributed by atoms with Gasteiger partial charge in [0.2, 0.25) is 0 Å². The number of esters is 1. The van der Waals surface area contributed by atoms with E-state index in [-0.39, 0.29) is 12.6 Å². The Labute approximate surface area is 191 Å². The molecule has 0 radical (unpaired) electrons. The third-order valence-corrected chi connectivity index (χ3v) is 7.39. The molecule has 11 heteroatoms. The van der Waals surface area contributed by atoms with Crippen molar-refractivity contribution in [1.82, 2.24) is 25.4 Å². The molecule has 2 amide bonds. The zero-order valence-electron chi connectivity index (χ0n) is 17.0. The van der Waals surface area contributed by atoms with Gasteiger partial charge in [-0.05, 0) is 36.7 Å². The molecule has 1 atom stereocenters. The van der Waals surface area contributed by atoms with Crippen LogP contribution < -0.4 is 10.6 Å². The molecule has 1 unspecified atom stereocenters. The van der Waals surface area contributed by atoms with Crippen molar-refractivity contribution in [2.75, 3.05) is 12.4 Å². The van der Waals surface area contributed by atoms with Gasteiger partial charge in [-0.15, -0.1) is 32.9 Å². The molecule has 4 rings (SSSR count). The van der Waals surface area contributed by atoms with Crippen molar-refractivity contribution in [2.45, 2.75) is 31.6 Å². The normalized spacial score (nSPS) is 16.2. The van der Waals surface area contributed by atoms with Crippen LogP contribution in [0, 0.1) is 0 Å². The van der Waals surface area contributed by atoms with Crippen molar-refractivity contribution >= 4 is 46.4 Å². The largest absolute Gasteiger partial charge is 0.463 e. The summed E-state index contributed by atoms with van der Waals surface area (Å²) in [6.07, 6.45) is 0. The highest BCUT2D eigenvalue weighted by atomic mass is 32.2. The number of nitrogens with one attached hydrogen (secondary N) is 2. The van der Waals surface area contributed by atoms with E-state index in [2.05, 4.69) is 20.8 Å². The zero-order valence-corrected chi connectivity index (χ0v) is 19.4. The summed E-state index contributed by atoms with van der Waals surface area (Å²) in [5.74, 6) is 0.720. The van der Waals surface area contributed by atoms with E-state index in [1.807, 2.05) is 46.5 Å². The number of thiophene rings is 2. The molecule has 0 fully saturated rings. The second-order valence-corrected chi connectivity index (χ2v) is 9.35. The summed E-state index contributed by atoms with van der Waals surface area (Å²) in [7, 11) is 0. The van der Waals surface area contributed by atoms with Crippen LogP contribution in [0.15, 0.2) is 51.5 Å². The van der Waals surface area contributed by atoms with E-state index >= 15 is 0 Å². The fourth-order valence-corrected chi connectivity index (χ4v) is 5.73. The monoisotopic (exact) mass is 475 g/mol. The third kappa shape index (κ3) is 4.53. The van der Waals surface area contributed by atoms with Gasteiger partial charge in [-0.1, -0.05) is 23.9 Å². The molecule has 0 spiro atoms. The van der Waals surface area contributed by atoms with Gasteiger partial charge < -0.3 is 19.9 Å². The molecule has 0 saturated heterocycles. The Morgan fingerprint density at radius 3 is 2.71 bits per heavy atom. The van der Waals surface area contributed by atoms with Gasteiger partial charge in [0.15, 0.2) is 11.0 Å². The second-order valence-electron chi connectivity index (χ2n) is 6.48. The molecule has 0 aromatic carbocycles. The lowest BCUT2D eigenvalue weighted by Crippen LogP contribution is -2.46. The molecule has 0 saturated carbocycles. The molecular weight excluding hydrogens is 454 g/mol. The molecular formula is C20H21N5O3S3. The molecule has 3 aromatic rings. The van der Waals surface area contributed by atoms with Crippen LogP contribution in [0.2, 0.25) is 0 Å². The molecule has 3 aromatic heterocycles. The second kappa shape index (κ2) is 9.67. The van der Waals surface area contributed by atoms with Gasteiger partial charge in [-0.25, -0.2) is 9.59 Å². The van der Waals surface area contributed by atoms with Gasteiger partial charge in [0.25, 0.3) is 0 Å². The fraction of sp³-hybridized carbons (Fsp3) is 0.300. The van der Waals surface area contributed by atoms with Crippen molar-refractivity contribution in [3.8, 4) is 10.7 Å². The van der Waals surface area contributed by atoms with Crippen molar-refractivity contribution in [1.29, 1.82) is 0 Å². The zero-order chi connectivity index (χ0) is 21.8. The van der Waals surface area contributed by atoms with E-state index < -0.39 is 12.0 Å². The number of aromatic nitrogens is 3. The maximum Gasteiger partial charge on any atom is 0.338 e. The number of ether oxygens (including phenoxy) is 1. The van der Waals surface area contributed by atoms with Crippen LogP contribution in [0.3, 0.4) is 0 Å². The first-order chi connectivity index (χ1) is 15.1. The molecule has 8 nitrogen and oxygen atoms in total. The fourth-order valence-electron chi connectivity index (χ4n) is 3.26. The number of hydrogen-bond donors (Lipinski definition) is 2. The van der Waals surface area contributed by atoms with E-state index in [0.29, 0.717) is 23.6 Å². The molecule has 0 aliphatic carbocycles. The predicted octanol–water partition coefficient (Wildman–Crippen LogP) is 4.05. The van der Waals surface area contributed by atoms with E-state index in [9.17, 15) is 9.59 Å². The van der Waals surface area contributed by atoms with Crippen LogP contribution in [-0.2, 0) is 16.1 Å². The van der Waals surface area contributed by atoms with E-state index in [4.69, 9.17) is 4.74 Å². The van der Waals surface area contributed by atoms with Crippen LogP contribution in [0.1, 0.15) is 24.8 Å². The summed E-state index contributed by atoms with van der Waals surface area (Å²) < 4.78 is 7.33. The van der Waals surface area contributed by atoms with Crippen molar-refractivity contribution in [3.63, 3.8) is 0 Å². The minimum Gasteiger partial charge on any atom is -0.463 e. The van der Waals surface area contributed by atoms with Crippen LogP contribution >= 0.6 is 34.4 Å². The molecule has 0 bridgehead atoms. The Balaban J connectivity index is 1.65. The lowest BCUT2D eigenvalue weighted by Gasteiger charge is -2.28. The summed E-state index contributed by atoms with van der Waals surface area (Å²) in [6.45, 7) is 4.75. The summed E-state index contributed by atoms with van der Waals surface area (Å²) in [4.78, 5) is 27.1. The van der Waals surface area contributed by atoms with Gasteiger partial charge in [0.05, 0.1) is 23.1 Å². The molecule has 2 N–H and O–H groups in total. The van der Waals surface area contributed by atoms with Crippen molar-refractivity contribution < 1.29 is 14.3 Å². The Kier molecular flexibility index (Phi) is 6.73. The summed E-state index contributed by atoms with van der Waals surface area (Å²) >= 11 is 4.51. The lowest BCUT2D eigenvalue weighted by atomic mass is 10.0. The highest BCUT2D eigenvalue weighted by Gasteiger charge is 2.34. The van der Waals surface area contributed by atoms with Gasteiger partial charge in [-0.3, -0.25) is 0 Å². The van der Waals surface area contributed by atoms with E-state index in [1.54, 1.807) is 18.3 Å². The number of urea groups is 1. The Bertz CT molecular complexity index is 1090. The number of nitrogens with zero attached hydrogens (tertiary/aromatic N) is 3. The number of carbonyl (C=O) groups excluding carboxylic acids is 2. The summed E-state index contributed by atoms with van der Waals surface area (Å²) in [5, 5.41) is 19.0. The third-order valence-electron chi connectivity index (χ3n) is 4.60. The number of thioether (sulfide) groups is 1. The van der Waals surface area contributed by atoms with Gasteiger partial charge >= 0.3 is 12.0 Å². The standard InChI is InChI=1S/C20H21N5O3S3/c1-3-25-17(14-8-6-10-30-14)23-24-20(25)31-11-12-15(18(26)28-4-2)16(22-19(27)21-12)13-7-5-9-29-13/h5-10,16H,3-4,11H2,1-2H3,(H2,21,22,27). The molecule has 1 aliphatic rings. The first-order valence-corrected chi connectivity index (χ1v) is 12.5. The van der Waals surface area contributed by atoms with Crippen molar-refractivity contribution in [3.05, 3.63) is 51.2 Å². The average molecular weight is 476 g/mol. The smallest absolute Gasteiger partial charge is 0.338 e. The first-order valence-electron chi connectivity index (χ1n) is 9.73. The number of rotatable bonds is 8. The average Bonchev–Trinajstić information content (AvgIpc) is 3.53. The Hall–Kier alpha value is -2.63. The van der Waals surface area contributed by atoms with Crippen LogP contribution in [-0.4, -0.2) is 39.1 Å². The van der Waals surface area contributed by atoms with Crippen LogP contribution in [0.4, 0.5) is 4.79 Å². The van der Waals surface area contributed by atoms with Crippen molar-refractivity contribution in [2.24, 2.45) is 0 Å². The number of amides is 2. The molecule has 31 heavy (non-hydrogen) atoms. The molecule has 162 valence electrons. The van der Waals surface area contributed by atoms with Crippen LogP contribution in [0.5, 0.6) is 0 Å². The highest BCUT2D eigenvalue weighted by Crippen LogP contribution is 2.33. The van der Waals surface area contributed by atoms with E-state index in [1.165, 1.54) is 23.1 Å². The Morgan fingerprint density at radius 2 is 2.03 bits per heavy atom. The minimum atomic E-state index is -0.547. The quantitative estimate of drug-likeness (QED) is 0.377. The van der Waals surface area contributed by atoms with Gasteiger partial charge in [0, 0.05) is 22.9 Å². The van der Waals surface area contributed by atoms with Gasteiger partial charge in [-0.2, -0.15) is 0 Å². The van der Waals surface area contributed by atoms with E-state index in [0.717, 1.165) is 20.7 Å². The van der Waals surface area contributed by atoms with Gasteiger partial charge in [0.1, 0.15) is 0 Å². The molecule has 4 heterocycles. The maximum absolute atomic E-state index is 12.8. The SMILES string of the molecule is CCOC(=O)C1=C(CSc2nnc(-c3cccs3)n2CC)NC(=O)NC1c1cccs1. The minimum absolute atomic E-state index is 0.252. The van der Waals surface area contributed by atoms with Crippen LogP contribution in [0.25, 0.3) is 10.7 Å². The highest BCUT2D eigenvalue weighted by molar-refractivity contribution is 7.99. The summed E-state index contributed by atoms with van der Waals surface area (Å²) in [6, 6.07) is 6.88. The Morgan fingerprint density at radius 1 is 1.23 bits per heavy atom. The maximum atomic E-state index is 12.8. The molecule has 1 aliphatic heterocycles. The summed E-state index contributed by atoms with van der Waals surface area (Å²) in [5.41, 5.74) is 0.936. The number of carbonyl (C=O) groups is 2. The lowest BCUT2D eigenvalue weighted by molar-refractivity contribution is -0.139.